The first kappa shape index (κ1) is 12.8. The van der Waals surface area contributed by atoms with Crippen molar-refractivity contribution in [3.63, 3.8) is 0 Å². The van der Waals surface area contributed by atoms with E-state index in [9.17, 15) is 18.4 Å². The molecule has 0 atom stereocenters. The fourth-order valence-corrected chi connectivity index (χ4v) is 2.28. The lowest BCUT2D eigenvalue weighted by atomic mass is 10.1. The van der Waals surface area contributed by atoms with Crippen molar-refractivity contribution >= 4 is 16.9 Å². The number of fused-ring (bicyclic) bond motifs is 1. The summed E-state index contributed by atoms with van der Waals surface area (Å²) in [5.74, 6) is -2.82. The highest BCUT2D eigenvalue weighted by Crippen LogP contribution is 2.36. The summed E-state index contributed by atoms with van der Waals surface area (Å²) in [6.07, 6.45) is 1.55. The third-order valence-electron chi connectivity index (χ3n) is 3.40. The van der Waals surface area contributed by atoms with Crippen LogP contribution in [0.3, 0.4) is 0 Å². The molecule has 1 heterocycles. The number of methoxy groups -OCH3 is 1. The first-order valence-corrected chi connectivity index (χ1v) is 6.15. The van der Waals surface area contributed by atoms with E-state index in [4.69, 9.17) is 0 Å². The van der Waals surface area contributed by atoms with Gasteiger partial charge in [-0.25, -0.2) is 13.6 Å². The average Bonchev–Trinajstić information content (AvgIpc) is 3.24. The topological polar surface area (TPSA) is 48.3 Å². The molecule has 1 aliphatic carbocycles. The van der Waals surface area contributed by atoms with Gasteiger partial charge in [-0.1, -0.05) is 0 Å². The summed E-state index contributed by atoms with van der Waals surface area (Å²) in [6, 6.07) is 3.14. The van der Waals surface area contributed by atoms with Crippen molar-refractivity contribution in [3.8, 4) is 0 Å². The summed E-state index contributed by atoms with van der Waals surface area (Å²) in [4.78, 5) is 23.9. The number of ether oxygens (including phenoxy) is 1. The molecule has 1 saturated carbocycles. The number of aromatic nitrogens is 1. The minimum atomic E-state index is -1.02. The SMILES string of the molecule is COC(=O)c1cc2cc(F)c(F)cc2n(C2CC2)c1=O. The maximum Gasteiger partial charge on any atom is 0.343 e. The van der Waals surface area contributed by atoms with Gasteiger partial charge < -0.3 is 9.30 Å². The van der Waals surface area contributed by atoms with E-state index in [-0.39, 0.29) is 11.6 Å². The second kappa shape index (κ2) is 4.40. The fourth-order valence-electron chi connectivity index (χ4n) is 2.28. The molecule has 20 heavy (non-hydrogen) atoms. The zero-order valence-corrected chi connectivity index (χ0v) is 10.7. The number of hydrogen-bond donors (Lipinski definition) is 0. The van der Waals surface area contributed by atoms with E-state index in [0.717, 1.165) is 25.0 Å². The highest BCUT2D eigenvalue weighted by Gasteiger charge is 2.29. The Morgan fingerprint density at radius 1 is 1.25 bits per heavy atom. The molecule has 1 aromatic carbocycles. The lowest BCUT2D eigenvalue weighted by Gasteiger charge is -2.11. The smallest absolute Gasteiger partial charge is 0.343 e. The number of hydrogen-bond acceptors (Lipinski definition) is 3. The number of carbonyl (C=O) groups is 1. The largest absolute Gasteiger partial charge is 0.465 e. The first-order chi connectivity index (χ1) is 9.52. The van der Waals surface area contributed by atoms with Crippen molar-refractivity contribution in [2.24, 2.45) is 0 Å². The number of esters is 1. The molecule has 3 rings (SSSR count). The molecule has 0 saturated heterocycles. The molecule has 4 nitrogen and oxygen atoms in total. The molecule has 0 N–H and O–H groups in total. The minimum Gasteiger partial charge on any atom is -0.465 e. The van der Waals surface area contributed by atoms with Crippen LogP contribution in [0.15, 0.2) is 23.0 Å². The van der Waals surface area contributed by atoms with Gasteiger partial charge in [-0.2, -0.15) is 0 Å². The van der Waals surface area contributed by atoms with Crippen molar-refractivity contribution in [1.29, 1.82) is 0 Å². The normalized spacial score (nSPS) is 14.6. The lowest BCUT2D eigenvalue weighted by molar-refractivity contribution is 0.0598. The van der Waals surface area contributed by atoms with Crippen molar-refractivity contribution in [2.75, 3.05) is 7.11 Å². The van der Waals surface area contributed by atoms with Gasteiger partial charge in [0.2, 0.25) is 0 Å². The molecule has 0 amide bonds. The standard InChI is InChI=1S/C14H11F2NO3/c1-20-14(19)9-4-7-5-10(15)11(16)6-12(7)17(13(9)18)8-2-3-8/h4-6,8H,2-3H2,1H3. The predicted octanol–water partition coefficient (Wildman–Crippen LogP) is 2.40. The Balaban J connectivity index is 2.40. The van der Waals surface area contributed by atoms with Crippen molar-refractivity contribution < 1.29 is 18.3 Å². The molecule has 0 unspecified atom stereocenters. The van der Waals surface area contributed by atoms with Crippen molar-refractivity contribution in [1.82, 2.24) is 4.57 Å². The van der Waals surface area contributed by atoms with Gasteiger partial charge in [-0.05, 0) is 25.0 Å². The molecule has 0 spiro atoms. The molecular formula is C14H11F2NO3. The van der Waals surface area contributed by atoms with Gasteiger partial charge in [0.25, 0.3) is 5.56 Å². The highest BCUT2D eigenvalue weighted by molar-refractivity contribution is 5.93. The van der Waals surface area contributed by atoms with Gasteiger partial charge in [0, 0.05) is 17.5 Å². The maximum absolute atomic E-state index is 13.4. The monoisotopic (exact) mass is 279 g/mol. The molecule has 1 aromatic heterocycles. The van der Waals surface area contributed by atoms with Crippen LogP contribution in [-0.2, 0) is 4.74 Å². The molecule has 2 aromatic rings. The highest BCUT2D eigenvalue weighted by atomic mass is 19.2. The summed E-state index contributed by atoms with van der Waals surface area (Å²) in [5, 5.41) is 0.302. The number of benzene rings is 1. The molecule has 1 fully saturated rings. The second-order valence-electron chi connectivity index (χ2n) is 4.78. The van der Waals surface area contributed by atoms with Gasteiger partial charge in [-0.3, -0.25) is 4.79 Å². The quantitative estimate of drug-likeness (QED) is 0.793. The number of pyridine rings is 1. The van der Waals surface area contributed by atoms with Crippen LogP contribution in [0.5, 0.6) is 0 Å². The predicted molar refractivity (Wildman–Crippen MR) is 67.7 cm³/mol. The van der Waals surface area contributed by atoms with E-state index in [1.807, 2.05) is 0 Å². The Kier molecular flexibility index (Phi) is 2.81. The van der Waals surface area contributed by atoms with E-state index in [2.05, 4.69) is 4.74 Å². The summed E-state index contributed by atoms with van der Waals surface area (Å²) in [7, 11) is 1.17. The van der Waals surface area contributed by atoms with E-state index in [1.54, 1.807) is 0 Å². The van der Waals surface area contributed by atoms with Crippen LogP contribution in [0.1, 0.15) is 29.2 Å². The van der Waals surface area contributed by atoms with Crippen LogP contribution in [0.2, 0.25) is 0 Å². The van der Waals surface area contributed by atoms with Crippen LogP contribution in [0, 0.1) is 11.6 Å². The van der Waals surface area contributed by atoms with Crippen molar-refractivity contribution in [2.45, 2.75) is 18.9 Å². The molecule has 0 aliphatic heterocycles. The van der Waals surface area contributed by atoms with Crippen LogP contribution >= 0.6 is 0 Å². The van der Waals surface area contributed by atoms with Crippen LogP contribution in [-0.4, -0.2) is 17.6 Å². The van der Waals surface area contributed by atoms with E-state index in [0.29, 0.717) is 10.9 Å². The molecular weight excluding hydrogens is 268 g/mol. The number of halogens is 2. The van der Waals surface area contributed by atoms with Gasteiger partial charge in [0.1, 0.15) is 5.56 Å². The molecule has 0 radical (unpaired) electrons. The van der Waals surface area contributed by atoms with Gasteiger partial charge in [0.05, 0.1) is 12.6 Å². The number of carbonyl (C=O) groups excluding carboxylic acids is 1. The molecule has 6 heteroatoms. The minimum absolute atomic E-state index is 0.0699. The summed E-state index contributed by atoms with van der Waals surface area (Å²) < 4.78 is 32.6. The molecule has 0 bridgehead atoms. The van der Waals surface area contributed by atoms with E-state index in [1.165, 1.54) is 17.7 Å². The van der Waals surface area contributed by atoms with Gasteiger partial charge in [-0.15, -0.1) is 0 Å². The Bertz CT molecular complexity index is 778. The number of nitrogens with zero attached hydrogens (tertiary/aromatic N) is 1. The Morgan fingerprint density at radius 3 is 2.50 bits per heavy atom. The first-order valence-electron chi connectivity index (χ1n) is 6.15. The van der Waals surface area contributed by atoms with Gasteiger partial charge in [0.15, 0.2) is 11.6 Å². The molecule has 104 valence electrons. The molecule has 1 aliphatic rings. The van der Waals surface area contributed by atoms with Crippen LogP contribution < -0.4 is 5.56 Å². The summed E-state index contributed by atoms with van der Waals surface area (Å²) >= 11 is 0. The van der Waals surface area contributed by atoms with E-state index >= 15 is 0 Å². The van der Waals surface area contributed by atoms with Crippen LogP contribution in [0.25, 0.3) is 10.9 Å². The average molecular weight is 279 g/mol. The lowest BCUT2D eigenvalue weighted by Crippen LogP contribution is -2.26. The zero-order valence-electron chi connectivity index (χ0n) is 10.7. The third-order valence-corrected chi connectivity index (χ3v) is 3.40. The van der Waals surface area contributed by atoms with E-state index < -0.39 is 23.2 Å². The van der Waals surface area contributed by atoms with Crippen LogP contribution in [0.4, 0.5) is 8.78 Å². The fraction of sp³-hybridized carbons (Fsp3) is 0.286. The van der Waals surface area contributed by atoms with Crippen molar-refractivity contribution in [3.05, 3.63) is 45.8 Å². The Morgan fingerprint density at radius 2 is 1.90 bits per heavy atom. The zero-order chi connectivity index (χ0) is 14.4. The summed E-state index contributed by atoms with van der Waals surface area (Å²) in [6.45, 7) is 0. The number of rotatable bonds is 2. The maximum atomic E-state index is 13.4. The second-order valence-corrected chi connectivity index (χ2v) is 4.78. The Labute approximate surface area is 112 Å². The van der Waals surface area contributed by atoms with Gasteiger partial charge >= 0.3 is 5.97 Å². The Hall–Kier alpha value is -2.24. The third kappa shape index (κ3) is 1.88. The summed E-state index contributed by atoms with van der Waals surface area (Å²) in [5.41, 5.74) is -0.403.